The lowest BCUT2D eigenvalue weighted by Gasteiger charge is -2.38. The van der Waals surface area contributed by atoms with Gasteiger partial charge in [-0.15, -0.1) is 0 Å². The molecule has 0 bridgehead atoms. The highest BCUT2D eigenvalue weighted by atomic mass is 35.5. The monoisotopic (exact) mass is 297 g/mol. The summed E-state index contributed by atoms with van der Waals surface area (Å²) in [5.41, 5.74) is 6.72. The highest BCUT2D eigenvalue weighted by Crippen LogP contribution is 2.30. The maximum Gasteiger partial charge on any atom is 0.275 e. The van der Waals surface area contributed by atoms with Gasteiger partial charge in [-0.1, -0.05) is 24.1 Å². The van der Waals surface area contributed by atoms with Gasteiger partial charge in [0.2, 0.25) is 0 Å². The Kier molecular flexibility index (Phi) is 4.96. The standard InChI is InChI=1S/C14H20ClN3O2/c1-10(16)13-6-2-3-8-17(13)9-11-12(15)5-4-7-14(11)18(19)20/h4-5,7,10,13H,2-3,6,8-9,16H2,1H3. The second-order valence-electron chi connectivity index (χ2n) is 5.39. The van der Waals surface area contributed by atoms with Crippen LogP contribution in [-0.4, -0.2) is 28.5 Å². The molecule has 1 heterocycles. The summed E-state index contributed by atoms with van der Waals surface area (Å²) in [6.07, 6.45) is 3.30. The number of benzene rings is 1. The van der Waals surface area contributed by atoms with E-state index in [1.807, 2.05) is 6.92 Å². The van der Waals surface area contributed by atoms with Crippen LogP contribution in [0.5, 0.6) is 0 Å². The van der Waals surface area contributed by atoms with Crippen LogP contribution in [-0.2, 0) is 6.54 Å². The molecular formula is C14H20ClN3O2. The Morgan fingerprint density at radius 2 is 2.30 bits per heavy atom. The van der Waals surface area contributed by atoms with Crippen LogP contribution in [0.2, 0.25) is 5.02 Å². The summed E-state index contributed by atoms with van der Waals surface area (Å²) in [6.45, 7) is 3.39. The molecule has 20 heavy (non-hydrogen) atoms. The van der Waals surface area contributed by atoms with Crippen molar-refractivity contribution in [2.45, 2.75) is 44.8 Å². The maximum atomic E-state index is 11.1. The van der Waals surface area contributed by atoms with Gasteiger partial charge in [0.1, 0.15) is 0 Å². The molecule has 2 unspecified atom stereocenters. The number of likely N-dealkylation sites (tertiary alicyclic amines) is 1. The van der Waals surface area contributed by atoms with Crippen molar-refractivity contribution in [3.8, 4) is 0 Å². The molecule has 0 aliphatic carbocycles. The molecule has 0 aromatic heterocycles. The third kappa shape index (κ3) is 3.29. The maximum absolute atomic E-state index is 11.1. The third-order valence-electron chi connectivity index (χ3n) is 3.92. The number of nitro groups is 1. The van der Waals surface area contributed by atoms with Gasteiger partial charge in [-0.3, -0.25) is 15.0 Å². The third-order valence-corrected chi connectivity index (χ3v) is 4.28. The molecule has 0 spiro atoms. The first kappa shape index (κ1) is 15.2. The molecular weight excluding hydrogens is 278 g/mol. The second kappa shape index (κ2) is 6.52. The molecule has 1 fully saturated rings. The van der Waals surface area contributed by atoms with E-state index < -0.39 is 0 Å². The van der Waals surface area contributed by atoms with Crippen molar-refractivity contribution < 1.29 is 4.92 Å². The SMILES string of the molecule is CC(N)C1CCCCN1Cc1c(Cl)cccc1[N+](=O)[O-]. The smallest absolute Gasteiger partial charge is 0.275 e. The number of piperidine rings is 1. The van der Waals surface area contributed by atoms with E-state index in [4.69, 9.17) is 17.3 Å². The number of rotatable bonds is 4. The van der Waals surface area contributed by atoms with Gasteiger partial charge in [0.25, 0.3) is 5.69 Å². The molecule has 1 aliphatic rings. The highest BCUT2D eigenvalue weighted by molar-refractivity contribution is 6.31. The lowest BCUT2D eigenvalue weighted by molar-refractivity contribution is -0.385. The average Bonchev–Trinajstić information content (AvgIpc) is 2.41. The summed E-state index contributed by atoms with van der Waals surface area (Å²) in [5, 5.41) is 11.6. The van der Waals surface area contributed by atoms with E-state index >= 15 is 0 Å². The summed E-state index contributed by atoms with van der Waals surface area (Å²) < 4.78 is 0. The van der Waals surface area contributed by atoms with Crippen LogP contribution in [0.3, 0.4) is 0 Å². The number of hydrogen-bond acceptors (Lipinski definition) is 4. The number of nitro benzene ring substituents is 1. The zero-order valence-corrected chi connectivity index (χ0v) is 12.3. The lowest BCUT2D eigenvalue weighted by Crippen LogP contribution is -2.48. The van der Waals surface area contributed by atoms with Gasteiger partial charge in [-0.2, -0.15) is 0 Å². The van der Waals surface area contributed by atoms with E-state index in [1.165, 1.54) is 6.07 Å². The molecule has 2 N–H and O–H groups in total. The Hall–Kier alpha value is -1.17. The lowest BCUT2D eigenvalue weighted by atomic mass is 9.96. The highest BCUT2D eigenvalue weighted by Gasteiger charge is 2.28. The Labute approximate surface area is 123 Å². The van der Waals surface area contributed by atoms with Crippen molar-refractivity contribution in [1.29, 1.82) is 0 Å². The van der Waals surface area contributed by atoms with Gasteiger partial charge in [0, 0.05) is 24.7 Å². The summed E-state index contributed by atoms with van der Waals surface area (Å²) in [6, 6.07) is 5.14. The fourth-order valence-corrected chi connectivity index (χ4v) is 3.12. The number of hydrogen-bond donors (Lipinski definition) is 1. The molecule has 1 aliphatic heterocycles. The van der Waals surface area contributed by atoms with Crippen LogP contribution in [0.4, 0.5) is 5.69 Å². The zero-order valence-electron chi connectivity index (χ0n) is 11.6. The fraction of sp³-hybridized carbons (Fsp3) is 0.571. The van der Waals surface area contributed by atoms with Crippen LogP contribution in [0.1, 0.15) is 31.7 Å². The molecule has 1 aromatic rings. The minimum Gasteiger partial charge on any atom is -0.327 e. The first-order valence-corrected chi connectivity index (χ1v) is 7.30. The van der Waals surface area contributed by atoms with Gasteiger partial charge in [0.15, 0.2) is 0 Å². The minimum absolute atomic E-state index is 0.0526. The molecule has 5 nitrogen and oxygen atoms in total. The summed E-state index contributed by atoms with van der Waals surface area (Å²) in [5.74, 6) is 0. The normalized spacial score (nSPS) is 21.6. The largest absolute Gasteiger partial charge is 0.327 e. The quantitative estimate of drug-likeness (QED) is 0.685. The van der Waals surface area contributed by atoms with Crippen LogP contribution < -0.4 is 5.73 Å². The zero-order chi connectivity index (χ0) is 14.7. The molecule has 6 heteroatoms. The van der Waals surface area contributed by atoms with E-state index in [9.17, 15) is 10.1 Å². The molecule has 110 valence electrons. The van der Waals surface area contributed by atoms with E-state index in [1.54, 1.807) is 12.1 Å². The number of nitrogens with zero attached hydrogens (tertiary/aromatic N) is 2. The van der Waals surface area contributed by atoms with Crippen LogP contribution in [0.15, 0.2) is 18.2 Å². The Balaban J connectivity index is 2.26. The van der Waals surface area contributed by atoms with Gasteiger partial charge >= 0.3 is 0 Å². The van der Waals surface area contributed by atoms with E-state index in [2.05, 4.69) is 4.90 Å². The summed E-state index contributed by atoms with van der Waals surface area (Å²) >= 11 is 6.16. The van der Waals surface area contributed by atoms with Gasteiger partial charge < -0.3 is 5.73 Å². The van der Waals surface area contributed by atoms with E-state index in [0.29, 0.717) is 17.1 Å². The molecule has 1 saturated heterocycles. The van der Waals surface area contributed by atoms with Gasteiger partial charge in [-0.25, -0.2) is 0 Å². The van der Waals surface area contributed by atoms with Crippen molar-refractivity contribution in [3.63, 3.8) is 0 Å². The number of nitrogens with two attached hydrogens (primary N) is 1. The molecule has 0 amide bonds. The van der Waals surface area contributed by atoms with E-state index in [-0.39, 0.29) is 22.7 Å². The van der Waals surface area contributed by atoms with Crippen molar-refractivity contribution in [1.82, 2.24) is 4.90 Å². The van der Waals surface area contributed by atoms with Gasteiger partial charge in [0.05, 0.1) is 15.5 Å². The first-order valence-electron chi connectivity index (χ1n) is 6.92. The number of halogens is 1. The Morgan fingerprint density at radius 3 is 2.95 bits per heavy atom. The predicted molar refractivity (Wildman–Crippen MR) is 79.8 cm³/mol. The Morgan fingerprint density at radius 1 is 1.55 bits per heavy atom. The summed E-state index contributed by atoms with van der Waals surface area (Å²) in [7, 11) is 0. The molecule has 0 radical (unpaired) electrons. The average molecular weight is 298 g/mol. The van der Waals surface area contributed by atoms with Crippen molar-refractivity contribution in [2.75, 3.05) is 6.54 Å². The van der Waals surface area contributed by atoms with Crippen molar-refractivity contribution >= 4 is 17.3 Å². The Bertz CT molecular complexity index is 493. The topological polar surface area (TPSA) is 72.4 Å². The van der Waals surface area contributed by atoms with Crippen LogP contribution in [0, 0.1) is 10.1 Å². The van der Waals surface area contributed by atoms with Crippen molar-refractivity contribution in [2.24, 2.45) is 5.73 Å². The van der Waals surface area contributed by atoms with Crippen molar-refractivity contribution in [3.05, 3.63) is 38.9 Å². The summed E-state index contributed by atoms with van der Waals surface area (Å²) in [4.78, 5) is 13.0. The fourth-order valence-electron chi connectivity index (χ4n) is 2.89. The van der Waals surface area contributed by atoms with E-state index in [0.717, 1.165) is 25.8 Å². The minimum atomic E-state index is -0.369. The molecule has 2 atom stereocenters. The second-order valence-corrected chi connectivity index (χ2v) is 5.79. The molecule has 1 aromatic carbocycles. The molecule has 2 rings (SSSR count). The predicted octanol–water partition coefficient (Wildman–Crippen LogP) is 2.95. The van der Waals surface area contributed by atoms with Gasteiger partial charge in [-0.05, 0) is 32.4 Å². The molecule has 0 saturated carbocycles. The first-order chi connectivity index (χ1) is 9.50. The van der Waals surface area contributed by atoms with Crippen LogP contribution >= 0.6 is 11.6 Å². The van der Waals surface area contributed by atoms with Crippen LogP contribution in [0.25, 0.3) is 0 Å².